The molecule has 1 atom stereocenters. The highest BCUT2D eigenvalue weighted by Gasteiger charge is 2.20. The van der Waals surface area contributed by atoms with Crippen molar-refractivity contribution < 1.29 is 19.1 Å². The number of amides is 2. The molecule has 1 aromatic heterocycles. The predicted molar refractivity (Wildman–Crippen MR) is 124 cm³/mol. The maximum Gasteiger partial charge on any atom is 0.407 e. The minimum absolute atomic E-state index is 0.0691. The predicted octanol–water partition coefficient (Wildman–Crippen LogP) is 4.05. The van der Waals surface area contributed by atoms with Gasteiger partial charge in [-0.2, -0.15) is 0 Å². The van der Waals surface area contributed by atoms with Gasteiger partial charge < -0.3 is 20.5 Å². The van der Waals surface area contributed by atoms with E-state index < -0.39 is 17.6 Å². The summed E-state index contributed by atoms with van der Waals surface area (Å²) in [6.45, 7) is 5.51. The fraction of sp³-hybridized carbons (Fsp3) is 0.280. The Hall–Kier alpha value is -3.94. The molecule has 3 rings (SSSR count). The second kappa shape index (κ2) is 10.6. The molecular formula is C25H28N4O4. The van der Waals surface area contributed by atoms with E-state index in [2.05, 4.69) is 15.3 Å². The minimum atomic E-state index is -0.650. The second-order valence-electron chi connectivity index (χ2n) is 8.59. The molecule has 2 aromatic carbocycles. The smallest absolute Gasteiger partial charge is 0.407 e. The summed E-state index contributed by atoms with van der Waals surface area (Å²) < 4.78 is 11.1. The number of aromatic nitrogens is 2. The highest BCUT2D eigenvalue weighted by Crippen LogP contribution is 2.20. The first-order valence-corrected chi connectivity index (χ1v) is 10.6. The summed E-state index contributed by atoms with van der Waals surface area (Å²) in [7, 11) is 0. The summed E-state index contributed by atoms with van der Waals surface area (Å²) in [4.78, 5) is 31.4. The maximum absolute atomic E-state index is 12.4. The highest BCUT2D eigenvalue weighted by molar-refractivity contribution is 5.90. The molecule has 0 radical (unpaired) electrons. The van der Waals surface area contributed by atoms with Gasteiger partial charge in [0.25, 0.3) is 5.91 Å². The number of benzene rings is 2. The lowest BCUT2D eigenvalue weighted by molar-refractivity contribution is 0.0504. The van der Waals surface area contributed by atoms with Crippen molar-refractivity contribution in [3.63, 3.8) is 0 Å². The Bertz CT molecular complexity index is 1060. The molecule has 8 nitrogen and oxygen atoms in total. The van der Waals surface area contributed by atoms with E-state index in [1.807, 2.05) is 75.4 Å². The van der Waals surface area contributed by atoms with Crippen LogP contribution in [-0.4, -0.2) is 33.6 Å². The average molecular weight is 449 g/mol. The van der Waals surface area contributed by atoms with Crippen LogP contribution in [0.1, 0.15) is 42.4 Å². The van der Waals surface area contributed by atoms with Gasteiger partial charge in [0.2, 0.25) is 5.88 Å². The van der Waals surface area contributed by atoms with Crippen LogP contribution in [0.2, 0.25) is 0 Å². The Balaban J connectivity index is 1.66. The molecule has 33 heavy (non-hydrogen) atoms. The molecule has 3 N–H and O–H groups in total. The quantitative estimate of drug-likeness (QED) is 0.537. The fourth-order valence-corrected chi connectivity index (χ4v) is 3.14. The first-order valence-electron chi connectivity index (χ1n) is 10.6. The molecule has 0 saturated carbocycles. The molecule has 1 heterocycles. The number of nitrogens with one attached hydrogen (secondary N) is 1. The lowest BCUT2D eigenvalue weighted by Crippen LogP contribution is -2.41. The number of ether oxygens (including phenoxy) is 2. The first kappa shape index (κ1) is 23.7. The van der Waals surface area contributed by atoms with Gasteiger partial charge in [-0.05, 0) is 56.9 Å². The summed E-state index contributed by atoms with van der Waals surface area (Å²) in [5.41, 5.74) is 6.81. The second-order valence-corrected chi connectivity index (χ2v) is 8.59. The number of alkyl carbamates (subject to hydrolysis) is 1. The zero-order valence-electron chi connectivity index (χ0n) is 18.9. The minimum Gasteiger partial charge on any atom is -0.444 e. The molecule has 0 aliphatic rings. The molecule has 8 heteroatoms. The van der Waals surface area contributed by atoms with E-state index >= 15 is 0 Å². The molecule has 0 fully saturated rings. The van der Waals surface area contributed by atoms with Crippen molar-refractivity contribution in [3.8, 4) is 11.6 Å². The van der Waals surface area contributed by atoms with Crippen molar-refractivity contribution >= 4 is 12.0 Å². The monoisotopic (exact) mass is 448 g/mol. The maximum atomic E-state index is 12.4. The van der Waals surface area contributed by atoms with Gasteiger partial charge >= 0.3 is 6.09 Å². The number of nitrogens with two attached hydrogens (primary N) is 1. The summed E-state index contributed by atoms with van der Waals surface area (Å²) in [5.74, 6) is 0.171. The topological polar surface area (TPSA) is 116 Å². The molecule has 0 saturated heterocycles. The number of rotatable bonds is 8. The Morgan fingerprint density at radius 3 is 2.12 bits per heavy atom. The highest BCUT2D eigenvalue weighted by atomic mass is 16.6. The third-order valence-corrected chi connectivity index (χ3v) is 4.55. The van der Waals surface area contributed by atoms with E-state index in [-0.39, 0.29) is 17.6 Å². The molecule has 0 aliphatic carbocycles. The molecular weight excluding hydrogens is 420 g/mol. The summed E-state index contributed by atoms with van der Waals surface area (Å²) in [6, 6.07) is 17.3. The first-order chi connectivity index (χ1) is 15.7. The summed E-state index contributed by atoms with van der Waals surface area (Å²) >= 11 is 0. The molecule has 0 spiro atoms. The van der Waals surface area contributed by atoms with E-state index in [0.717, 1.165) is 11.1 Å². The lowest BCUT2D eigenvalue weighted by Gasteiger charge is -2.24. The van der Waals surface area contributed by atoms with E-state index in [4.69, 9.17) is 15.2 Å². The van der Waals surface area contributed by atoms with Crippen molar-refractivity contribution in [3.05, 3.63) is 83.8 Å². The Morgan fingerprint density at radius 2 is 1.58 bits per heavy atom. The van der Waals surface area contributed by atoms with Crippen LogP contribution in [0.25, 0.3) is 0 Å². The zero-order chi connectivity index (χ0) is 23.8. The summed E-state index contributed by atoms with van der Waals surface area (Å²) in [6.07, 6.45) is 3.44. The van der Waals surface area contributed by atoms with Crippen LogP contribution in [0.15, 0.2) is 67.0 Å². The molecule has 172 valence electrons. The molecule has 0 bridgehead atoms. The number of hydrogen-bond donors (Lipinski definition) is 2. The number of primary amides is 1. The molecule has 2 amide bonds. The molecule has 1 unspecified atom stereocenters. The van der Waals surface area contributed by atoms with Crippen LogP contribution in [-0.2, 0) is 17.6 Å². The van der Waals surface area contributed by atoms with Gasteiger partial charge in [0, 0.05) is 6.04 Å². The van der Waals surface area contributed by atoms with Crippen molar-refractivity contribution in [2.24, 2.45) is 5.73 Å². The third kappa shape index (κ3) is 7.92. The van der Waals surface area contributed by atoms with E-state index in [9.17, 15) is 9.59 Å². The van der Waals surface area contributed by atoms with Gasteiger partial charge in [0.05, 0.1) is 12.4 Å². The number of nitrogens with zero attached hydrogens (tertiary/aromatic N) is 2. The van der Waals surface area contributed by atoms with E-state index in [1.54, 1.807) is 0 Å². The van der Waals surface area contributed by atoms with Gasteiger partial charge in [-0.25, -0.2) is 14.8 Å². The van der Waals surface area contributed by atoms with Crippen molar-refractivity contribution in [1.82, 2.24) is 15.3 Å². The number of hydrogen-bond acceptors (Lipinski definition) is 6. The molecule has 3 aromatic rings. The number of carbonyl (C=O) groups is 2. The standard InChI is InChI=1S/C25H28N4O4/c1-25(2,3)33-24(31)29-19(13-17-7-5-4-6-8-17)14-18-9-11-20(12-10-18)32-22-16-27-21(15-28-22)23(26)30/h4-12,15-16,19H,13-14H2,1-3H3,(H2,26,30)(H,29,31). The van der Waals surface area contributed by atoms with Crippen LogP contribution in [0.4, 0.5) is 4.79 Å². The van der Waals surface area contributed by atoms with Gasteiger partial charge in [-0.3, -0.25) is 4.79 Å². The van der Waals surface area contributed by atoms with Crippen molar-refractivity contribution in [2.45, 2.75) is 45.3 Å². The third-order valence-electron chi connectivity index (χ3n) is 4.55. The average Bonchev–Trinajstić information content (AvgIpc) is 2.75. The van der Waals surface area contributed by atoms with Gasteiger partial charge in [-0.15, -0.1) is 0 Å². The van der Waals surface area contributed by atoms with Crippen LogP contribution in [0.3, 0.4) is 0 Å². The Morgan fingerprint density at radius 1 is 0.939 bits per heavy atom. The largest absolute Gasteiger partial charge is 0.444 e. The Labute approximate surface area is 193 Å². The normalized spacial score (nSPS) is 12.0. The van der Waals surface area contributed by atoms with Gasteiger partial charge in [-0.1, -0.05) is 42.5 Å². The van der Waals surface area contributed by atoms with E-state index in [0.29, 0.717) is 18.6 Å². The van der Waals surface area contributed by atoms with Crippen LogP contribution in [0, 0.1) is 0 Å². The fourth-order valence-electron chi connectivity index (χ4n) is 3.14. The van der Waals surface area contributed by atoms with Gasteiger partial charge in [0.15, 0.2) is 0 Å². The number of carbonyl (C=O) groups excluding carboxylic acids is 2. The van der Waals surface area contributed by atoms with Gasteiger partial charge in [0.1, 0.15) is 17.0 Å². The van der Waals surface area contributed by atoms with Crippen LogP contribution >= 0.6 is 0 Å². The SMILES string of the molecule is CC(C)(C)OC(=O)NC(Cc1ccccc1)Cc1ccc(Oc2cnc(C(N)=O)cn2)cc1. The van der Waals surface area contributed by atoms with Crippen molar-refractivity contribution in [1.29, 1.82) is 0 Å². The van der Waals surface area contributed by atoms with Crippen LogP contribution < -0.4 is 15.8 Å². The summed E-state index contributed by atoms with van der Waals surface area (Å²) in [5, 5.41) is 2.99. The lowest BCUT2D eigenvalue weighted by atomic mass is 9.99. The zero-order valence-corrected chi connectivity index (χ0v) is 18.9. The van der Waals surface area contributed by atoms with Crippen LogP contribution in [0.5, 0.6) is 11.6 Å². The van der Waals surface area contributed by atoms with Crippen molar-refractivity contribution in [2.75, 3.05) is 0 Å². The molecule has 0 aliphatic heterocycles. The Kier molecular flexibility index (Phi) is 7.61. The van der Waals surface area contributed by atoms with E-state index in [1.165, 1.54) is 12.4 Å².